The average Bonchev–Trinajstić information content (AvgIpc) is 3.44. The van der Waals surface area contributed by atoms with Gasteiger partial charge in [-0.25, -0.2) is 5.48 Å². The normalized spacial score (nSPS) is 16.4. The fourth-order valence-electron chi connectivity index (χ4n) is 5.49. The molecule has 3 rings (SSSR count). The summed E-state index contributed by atoms with van der Waals surface area (Å²) in [6.45, 7) is 7.44. The van der Waals surface area contributed by atoms with E-state index in [-0.39, 0.29) is 30.2 Å². The van der Waals surface area contributed by atoms with E-state index in [2.05, 4.69) is 36.5 Å². The smallest absolute Gasteiger partial charge is 0.245 e. The number of nitrogens with one attached hydrogen (secondary N) is 2. The third-order valence-electron chi connectivity index (χ3n) is 7.90. The number of nitrogens with zero attached hydrogens (tertiary/aromatic N) is 1. The molecule has 8 nitrogen and oxygen atoms in total. The lowest BCUT2D eigenvalue weighted by atomic mass is 9.94. The molecule has 1 fully saturated rings. The van der Waals surface area contributed by atoms with Crippen LogP contribution in [-0.4, -0.2) is 53.1 Å². The summed E-state index contributed by atoms with van der Waals surface area (Å²) in [4.78, 5) is 40.7. The maximum Gasteiger partial charge on any atom is 0.245 e. The Labute approximate surface area is 244 Å². The monoisotopic (exact) mass is 565 g/mol. The molecule has 0 aliphatic carbocycles. The maximum atomic E-state index is 13.7. The molecule has 3 N–H and O–H groups in total. The summed E-state index contributed by atoms with van der Waals surface area (Å²) < 4.78 is 6.18. The number of amides is 3. The third kappa shape index (κ3) is 9.97. The van der Waals surface area contributed by atoms with Crippen molar-refractivity contribution in [1.29, 1.82) is 0 Å². The van der Waals surface area contributed by atoms with E-state index in [0.717, 1.165) is 44.1 Å². The highest BCUT2D eigenvalue weighted by Crippen LogP contribution is 2.23. The molecular formula is C33H47N3O5. The summed E-state index contributed by atoms with van der Waals surface area (Å²) in [6, 6.07) is 17.9. The van der Waals surface area contributed by atoms with Gasteiger partial charge in [0.1, 0.15) is 6.04 Å². The van der Waals surface area contributed by atoms with E-state index in [0.29, 0.717) is 26.2 Å². The molecule has 0 aromatic heterocycles. The van der Waals surface area contributed by atoms with Crippen LogP contribution >= 0.6 is 0 Å². The van der Waals surface area contributed by atoms with Gasteiger partial charge in [0.2, 0.25) is 17.7 Å². The van der Waals surface area contributed by atoms with Crippen molar-refractivity contribution in [2.24, 2.45) is 11.8 Å². The van der Waals surface area contributed by atoms with Crippen LogP contribution in [0.4, 0.5) is 0 Å². The summed E-state index contributed by atoms with van der Waals surface area (Å²) in [5.41, 5.74) is 5.24. The van der Waals surface area contributed by atoms with Gasteiger partial charge in [-0.3, -0.25) is 19.6 Å². The Morgan fingerprint density at radius 3 is 2.41 bits per heavy atom. The van der Waals surface area contributed by atoms with Crippen LogP contribution in [0.5, 0.6) is 0 Å². The number of likely N-dealkylation sites (tertiary alicyclic amines) is 1. The van der Waals surface area contributed by atoms with Gasteiger partial charge in [0, 0.05) is 18.9 Å². The number of hydrogen-bond donors (Lipinski definition) is 3. The Bertz CT molecular complexity index is 1110. The van der Waals surface area contributed by atoms with Crippen molar-refractivity contribution < 1.29 is 24.3 Å². The Kier molecular flexibility index (Phi) is 13.3. The molecule has 0 saturated carbocycles. The van der Waals surface area contributed by atoms with Gasteiger partial charge in [-0.15, -0.1) is 0 Å². The zero-order valence-corrected chi connectivity index (χ0v) is 24.8. The summed E-state index contributed by atoms with van der Waals surface area (Å²) >= 11 is 0. The fraction of sp³-hybridized carbons (Fsp3) is 0.545. The molecule has 41 heavy (non-hydrogen) atoms. The van der Waals surface area contributed by atoms with Gasteiger partial charge in [0.05, 0.1) is 19.3 Å². The van der Waals surface area contributed by atoms with Crippen LogP contribution < -0.4 is 10.8 Å². The van der Waals surface area contributed by atoms with Crippen molar-refractivity contribution in [3.63, 3.8) is 0 Å². The molecule has 3 atom stereocenters. The molecule has 0 bridgehead atoms. The van der Waals surface area contributed by atoms with Crippen LogP contribution in [0.3, 0.4) is 0 Å². The van der Waals surface area contributed by atoms with E-state index in [1.54, 1.807) is 5.48 Å². The number of hydrogen-bond acceptors (Lipinski definition) is 5. The van der Waals surface area contributed by atoms with Crippen LogP contribution in [0.25, 0.3) is 0 Å². The molecule has 0 radical (unpaired) electrons. The summed E-state index contributed by atoms with van der Waals surface area (Å²) in [6.07, 6.45) is 5.73. The topological polar surface area (TPSA) is 108 Å². The van der Waals surface area contributed by atoms with E-state index in [9.17, 15) is 14.4 Å². The second-order valence-electron chi connectivity index (χ2n) is 11.4. The quantitative estimate of drug-likeness (QED) is 0.151. The molecular weight excluding hydrogens is 518 g/mol. The number of ether oxygens (including phenoxy) is 1. The van der Waals surface area contributed by atoms with Crippen molar-refractivity contribution in [2.75, 3.05) is 13.2 Å². The van der Waals surface area contributed by atoms with Gasteiger partial charge >= 0.3 is 0 Å². The molecule has 8 heteroatoms. The predicted octanol–water partition coefficient (Wildman–Crippen LogP) is 5.02. The highest BCUT2D eigenvalue weighted by molar-refractivity contribution is 5.91. The minimum atomic E-state index is -0.694. The van der Waals surface area contributed by atoms with Crippen molar-refractivity contribution in [3.8, 4) is 0 Å². The van der Waals surface area contributed by atoms with Gasteiger partial charge in [-0.2, -0.15) is 0 Å². The van der Waals surface area contributed by atoms with Crippen LogP contribution in [0, 0.1) is 11.8 Å². The lowest BCUT2D eigenvalue weighted by molar-refractivity contribution is -0.141. The number of carbonyl (C=O) groups is 3. The van der Waals surface area contributed by atoms with Gasteiger partial charge < -0.3 is 15.0 Å². The SMILES string of the molecule is CCCCC[C@H](CC(=O)NO)C(=O)N[C@@H](C(=O)N1CCC[C@H]1COCc1ccccc1Cc1ccccc1)C(C)C. The molecule has 2 aromatic carbocycles. The zero-order valence-electron chi connectivity index (χ0n) is 24.8. The molecule has 0 spiro atoms. The van der Waals surface area contributed by atoms with E-state index in [1.165, 1.54) is 11.1 Å². The number of hydroxylamine groups is 1. The second-order valence-corrected chi connectivity index (χ2v) is 11.4. The Morgan fingerprint density at radius 1 is 1.02 bits per heavy atom. The Balaban J connectivity index is 1.60. The van der Waals surface area contributed by atoms with Crippen molar-refractivity contribution in [3.05, 3.63) is 71.3 Å². The highest BCUT2D eigenvalue weighted by atomic mass is 16.5. The minimum Gasteiger partial charge on any atom is -0.375 e. The van der Waals surface area contributed by atoms with Crippen LogP contribution in [0.15, 0.2) is 54.6 Å². The van der Waals surface area contributed by atoms with Gasteiger partial charge in [-0.1, -0.05) is 94.6 Å². The molecule has 0 unspecified atom stereocenters. The largest absolute Gasteiger partial charge is 0.375 e. The lowest BCUT2D eigenvalue weighted by Crippen LogP contribution is -2.54. The summed E-state index contributed by atoms with van der Waals surface area (Å²) in [5.74, 6) is -1.75. The highest BCUT2D eigenvalue weighted by Gasteiger charge is 2.36. The first kappa shape index (κ1) is 32.3. The molecule has 1 heterocycles. The van der Waals surface area contributed by atoms with E-state index >= 15 is 0 Å². The standard InChI is InChI=1S/C33H47N3O5/c1-4-5-7-16-27(21-30(37)35-40)32(38)34-31(24(2)3)33(39)36-19-12-18-29(36)23-41-22-28-17-11-10-15-26(28)20-25-13-8-6-9-14-25/h6,8-11,13-15,17,24,27,29,31,40H,4-5,7,12,16,18-23H2,1-3H3,(H,34,38)(H,35,37)/t27-,29+,31-/m1/s1. The number of benzene rings is 2. The average molecular weight is 566 g/mol. The van der Waals surface area contributed by atoms with Crippen LogP contribution in [0.2, 0.25) is 0 Å². The predicted molar refractivity (Wildman–Crippen MR) is 159 cm³/mol. The summed E-state index contributed by atoms with van der Waals surface area (Å²) in [5, 5.41) is 11.9. The van der Waals surface area contributed by atoms with Crippen molar-refractivity contribution >= 4 is 17.7 Å². The minimum absolute atomic E-state index is 0.0533. The maximum absolute atomic E-state index is 13.7. The first-order valence-corrected chi connectivity index (χ1v) is 15.1. The molecule has 224 valence electrons. The van der Waals surface area contributed by atoms with E-state index in [1.807, 2.05) is 49.1 Å². The Morgan fingerprint density at radius 2 is 1.73 bits per heavy atom. The second kappa shape index (κ2) is 16.9. The number of unbranched alkanes of at least 4 members (excludes halogenated alkanes) is 2. The van der Waals surface area contributed by atoms with Crippen LogP contribution in [0.1, 0.15) is 82.4 Å². The molecule has 1 saturated heterocycles. The fourth-order valence-corrected chi connectivity index (χ4v) is 5.49. The van der Waals surface area contributed by atoms with Gasteiger partial charge in [0.15, 0.2) is 0 Å². The first-order valence-electron chi connectivity index (χ1n) is 15.1. The lowest BCUT2D eigenvalue weighted by Gasteiger charge is -2.32. The number of rotatable bonds is 16. The first-order chi connectivity index (χ1) is 19.8. The van der Waals surface area contributed by atoms with Crippen molar-refractivity contribution in [2.45, 2.75) is 90.8 Å². The number of carbonyl (C=O) groups excluding carboxylic acids is 3. The van der Waals surface area contributed by atoms with Gasteiger partial charge in [0.25, 0.3) is 0 Å². The molecule has 3 amide bonds. The van der Waals surface area contributed by atoms with E-state index in [4.69, 9.17) is 9.94 Å². The third-order valence-corrected chi connectivity index (χ3v) is 7.90. The zero-order chi connectivity index (χ0) is 29.6. The molecule has 1 aliphatic rings. The summed E-state index contributed by atoms with van der Waals surface area (Å²) in [7, 11) is 0. The molecule has 1 aliphatic heterocycles. The van der Waals surface area contributed by atoms with Gasteiger partial charge in [-0.05, 0) is 48.3 Å². The van der Waals surface area contributed by atoms with Crippen molar-refractivity contribution in [1.82, 2.24) is 15.7 Å². The molecule has 2 aromatic rings. The Hall–Kier alpha value is -3.23. The van der Waals surface area contributed by atoms with Crippen LogP contribution in [-0.2, 0) is 32.1 Å². The van der Waals surface area contributed by atoms with E-state index < -0.39 is 17.9 Å².